The van der Waals surface area contributed by atoms with Crippen LogP contribution in [0.3, 0.4) is 0 Å². The van der Waals surface area contributed by atoms with Crippen molar-refractivity contribution >= 4 is 34.1 Å². The Morgan fingerprint density at radius 3 is 2.52 bits per heavy atom. The van der Waals surface area contributed by atoms with Crippen LogP contribution in [0.4, 0.5) is 5.13 Å². The highest BCUT2D eigenvalue weighted by molar-refractivity contribution is 8.02. The maximum Gasteiger partial charge on any atom is 0.233 e. The van der Waals surface area contributed by atoms with E-state index in [1.807, 2.05) is 6.92 Å². The summed E-state index contributed by atoms with van der Waals surface area (Å²) >= 11 is 3.08. The Balaban J connectivity index is 1.40. The molecule has 7 heteroatoms. The second-order valence-corrected chi connectivity index (χ2v) is 9.93. The molecule has 1 aromatic rings. The highest BCUT2D eigenvalue weighted by Crippen LogP contribution is 2.31. The molecule has 1 atom stereocenters. The molecule has 1 amide bonds. The fourth-order valence-electron chi connectivity index (χ4n) is 3.72. The molecule has 0 spiro atoms. The molecule has 2 aliphatic carbocycles. The van der Waals surface area contributed by atoms with E-state index in [2.05, 4.69) is 20.8 Å². The topological polar surface area (TPSA) is 66.9 Å². The third kappa shape index (κ3) is 6.13. The quantitative estimate of drug-likeness (QED) is 0.682. The van der Waals surface area contributed by atoms with Crippen LogP contribution < -0.4 is 10.6 Å². The predicted octanol–water partition coefficient (Wildman–Crippen LogP) is 4.46. The Labute approximate surface area is 159 Å². The second-order valence-electron chi connectivity index (χ2n) is 7.36. The molecule has 0 aromatic carbocycles. The minimum atomic E-state index is -0.126. The van der Waals surface area contributed by atoms with Gasteiger partial charge in [0.05, 0.1) is 5.25 Å². The standard InChI is InChI=1S/C18H30N4OS2/c1-13(16(23)19-12-14-8-4-2-5-9-14)24-18-22-21-17(25-18)20-15-10-6-3-7-11-15/h13-15H,2-12H2,1H3,(H,19,23)(H,20,21). The van der Waals surface area contributed by atoms with E-state index < -0.39 is 0 Å². The number of carbonyl (C=O) groups excluding carboxylic acids is 1. The number of thioether (sulfide) groups is 1. The molecule has 2 N–H and O–H groups in total. The van der Waals surface area contributed by atoms with E-state index in [0.29, 0.717) is 12.0 Å². The SMILES string of the molecule is CC(Sc1nnc(NC2CCCCC2)s1)C(=O)NCC1CCCCC1. The third-order valence-corrected chi connectivity index (χ3v) is 7.31. The molecule has 0 bridgehead atoms. The predicted molar refractivity (Wildman–Crippen MR) is 105 cm³/mol. The zero-order valence-electron chi connectivity index (χ0n) is 15.1. The number of aromatic nitrogens is 2. The lowest BCUT2D eigenvalue weighted by atomic mass is 9.89. The molecule has 1 heterocycles. The van der Waals surface area contributed by atoms with Crippen LogP contribution in [0.15, 0.2) is 4.34 Å². The molecule has 2 aliphatic rings. The molecule has 2 saturated carbocycles. The summed E-state index contributed by atoms with van der Waals surface area (Å²) in [4.78, 5) is 12.3. The number of anilines is 1. The van der Waals surface area contributed by atoms with Gasteiger partial charge in [0, 0.05) is 12.6 Å². The van der Waals surface area contributed by atoms with Gasteiger partial charge in [0.2, 0.25) is 11.0 Å². The zero-order chi connectivity index (χ0) is 17.5. The maximum absolute atomic E-state index is 12.3. The summed E-state index contributed by atoms with van der Waals surface area (Å²) in [6.45, 7) is 2.78. The molecule has 25 heavy (non-hydrogen) atoms. The number of nitrogens with zero attached hydrogens (tertiary/aromatic N) is 2. The van der Waals surface area contributed by atoms with Gasteiger partial charge >= 0.3 is 0 Å². The number of hydrogen-bond acceptors (Lipinski definition) is 6. The minimum Gasteiger partial charge on any atom is -0.357 e. The highest BCUT2D eigenvalue weighted by Gasteiger charge is 2.20. The van der Waals surface area contributed by atoms with Crippen LogP contribution in [-0.4, -0.2) is 33.9 Å². The molecular weight excluding hydrogens is 352 g/mol. The molecule has 2 fully saturated rings. The first-order valence-corrected chi connectivity index (χ1v) is 11.4. The van der Waals surface area contributed by atoms with Gasteiger partial charge in [-0.05, 0) is 38.5 Å². The van der Waals surface area contributed by atoms with Gasteiger partial charge in [-0.2, -0.15) is 0 Å². The number of carbonyl (C=O) groups is 1. The van der Waals surface area contributed by atoms with Crippen molar-refractivity contribution in [2.75, 3.05) is 11.9 Å². The largest absolute Gasteiger partial charge is 0.357 e. The Morgan fingerprint density at radius 2 is 1.80 bits per heavy atom. The van der Waals surface area contributed by atoms with Gasteiger partial charge in [-0.25, -0.2) is 0 Å². The number of rotatable bonds is 7. The van der Waals surface area contributed by atoms with Crippen molar-refractivity contribution in [3.8, 4) is 0 Å². The van der Waals surface area contributed by atoms with E-state index in [-0.39, 0.29) is 11.2 Å². The molecule has 1 aromatic heterocycles. The lowest BCUT2D eigenvalue weighted by molar-refractivity contribution is -0.120. The summed E-state index contributed by atoms with van der Waals surface area (Å²) < 4.78 is 0.874. The van der Waals surface area contributed by atoms with Crippen molar-refractivity contribution < 1.29 is 4.79 Å². The lowest BCUT2D eigenvalue weighted by Gasteiger charge is -2.22. The zero-order valence-corrected chi connectivity index (χ0v) is 16.8. The number of hydrogen-bond donors (Lipinski definition) is 2. The normalized spacial score (nSPS) is 21.0. The summed E-state index contributed by atoms with van der Waals surface area (Å²) in [7, 11) is 0. The third-order valence-electron chi connectivity index (χ3n) is 5.28. The first kappa shape index (κ1) is 19.0. The van der Waals surface area contributed by atoms with Crippen LogP contribution in [0.25, 0.3) is 0 Å². The number of nitrogens with one attached hydrogen (secondary N) is 2. The second kappa shape index (κ2) is 9.76. The van der Waals surface area contributed by atoms with Crippen LogP contribution in [0.5, 0.6) is 0 Å². The van der Waals surface area contributed by atoms with Crippen molar-refractivity contribution in [2.24, 2.45) is 5.92 Å². The van der Waals surface area contributed by atoms with Crippen molar-refractivity contribution in [3.63, 3.8) is 0 Å². The fourth-order valence-corrected chi connectivity index (χ4v) is 5.72. The van der Waals surface area contributed by atoms with Crippen molar-refractivity contribution in [1.29, 1.82) is 0 Å². The van der Waals surface area contributed by atoms with E-state index in [1.165, 1.54) is 76.0 Å². The molecule has 3 rings (SSSR count). The Bertz CT molecular complexity index is 539. The van der Waals surface area contributed by atoms with Crippen LogP contribution in [0.2, 0.25) is 0 Å². The van der Waals surface area contributed by atoms with E-state index in [9.17, 15) is 4.79 Å². The Morgan fingerprint density at radius 1 is 1.12 bits per heavy atom. The van der Waals surface area contributed by atoms with Crippen LogP contribution in [-0.2, 0) is 4.79 Å². The van der Waals surface area contributed by atoms with Crippen molar-refractivity contribution in [2.45, 2.75) is 86.8 Å². The average Bonchev–Trinajstić information content (AvgIpc) is 3.08. The summed E-state index contributed by atoms with van der Waals surface area (Å²) in [6.07, 6.45) is 12.9. The average molecular weight is 383 g/mol. The smallest absolute Gasteiger partial charge is 0.233 e. The van der Waals surface area contributed by atoms with Crippen LogP contribution >= 0.6 is 23.1 Å². The maximum atomic E-state index is 12.3. The first-order valence-electron chi connectivity index (χ1n) is 9.75. The molecule has 1 unspecified atom stereocenters. The van der Waals surface area contributed by atoms with E-state index in [0.717, 1.165) is 16.0 Å². The monoisotopic (exact) mass is 382 g/mol. The number of amides is 1. The van der Waals surface area contributed by atoms with Gasteiger partial charge in [0.1, 0.15) is 0 Å². The summed E-state index contributed by atoms with van der Waals surface area (Å²) in [5, 5.41) is 15.9. The van der Waals surface area contributed by atoms with Crippen molar-refractivity contribution in [3.05, 3.63) is 0 Å². The van der Waals surface area contributed by atoms with Crippen LogP contribution in [0, 0.1) is 5.92 Å². The summed E-state index contributed by atoms with van der Waals surface area (Å²) in [6, 6.07) is 0.538. The Hall–Kier alpha value is -0.820. The van der Waals surface area contributed by atoms with Gasteiger partial charge in [0.25, 0.3) is 0 Å². The molecular formula is C18H30N4OS2. The van der Waals surface area contributed by atoms with Gasteiger partial charge in [-0.15, -0.1) is 10.2 Å². The highest BCUT2D eigenvalue weighted by atomic mass is 32.2. The molecule has 0 aliphatic heterocycles. The minimum absolute atomic E-state index is 0.118. The summed E-state index contributed by atoms with van der Waals surface area (Å²) in [5.41, 5.74) is 0. The molecule has 5 nitrogen and oxygen atoms in total. The van der Waals surface area contributed by atoms with E-state index in [4.69, 9.17) is 0 Å². The van der Waals surface area contributed by atoms with Gasteiger partial charge in [0.15, 0.2) is 4.34 Å². The van der Waals surface area contributed by atoms with Gasteiger partial charge < -0.3 is 10.6 Å². The van der Waals surface area contributed by atoms with E-state index >= 15 is 0 Å². The fraction of sp³-hybridized carbons (Fsp3) is 0.833. The van der Waals surface area contributed by atoms with Gasteiger partial charge in [-0.3, -0.25) is 4.79 Å². The van der Waals surface area contributed by atoms with E-state index in [1.54, 1.807) is 11.3 Å². The Kier molecular flexibility index (Phi) is 7.40. The molecule has 0 radical (unpaired) electrons. The van der Waals surface area contributed by atoms with Gasteiger partial charge in [-0.1, -0.05) is 61.6 Å². The first-order chi connectivity index (χ1) is 12.2. The molecule has 0 saturated heterocycles. The lowest BCUT2D eigenvalue weighted by Crippen LogP contribution is -2.35. The molecule has 140 valence electrons. The van der Waals surface area contributed by atoms with Crippen molar-refractivity contribution in [1.82, 2.24) is 15.5 Å². The summed E-state index contributed by atoms with van der Waals surface area (Å²) in [5.74, 6) is 0.787. The van der Waals surface area contributed by atoms with Crippen LogP contribution in [0.1, 0.15) is 71.1 Å².